The minimum absolute atomic E-state index is 0.0697. The summed E-state index contributed by atoms with van der Waals surface area (Å²) < 4.78 is 0. The van der Waals surface area contributed by atoms with Crippen LogP contribution in [-0.4, -0.2) is 25.5 Å². The van der Waals surface area contributed by atoms with Crippen molar-refractivity contribution in [2.45, 2.75) is 13.3 Å². The molecule has 1 fully saturated rings. The molecule has 126 valence electrons. The number of hydrogen-bond acceptors (Lipinski definition) is 3. The Morgan fingerprint density at radius 1 is 1.33 bits per heavy atom. The van der Waals surface area contributed by atoms with Crippen LogP contribution in [0.2, 0.25) is 5.02 Å². The lowest BCUT2D eigenvalue weighted by Crippen LogP contribution is -2.31. The Kier molecular flexibility index (Phi) is 4.95. The highest BCUT2D eigenvalue weighted by Crippen LogP contribution is 2.29. The molecular formula is C19H22ClN3O. The van der Waals surface area contributed by atoms with Crippen molar-refractivity contribution in [2.75, 3.05) is 30.3 Å². The molecule has 0 bridgehead atoms. The van der Waals surface area contributed by atoms with Gasteiger partial charge in [0.15, 0.2) is 0 Å². The Labute approximate surface area is 147 Å². The molecule has 1 aliphatic rings. The molecule has 0 spiro atoms. The van der Waals surface area contributed by atoms with Crippen molar-refractivity contribution in [3.8, 4) is 0 Å². The molecule has 1 unspecified atom stereocenters. The summed E-state index contributed by atoms with van der Waals surface area (Å²) in [5.74, 6) is 0.369. The molecule has 2 aromatic carbocycles. The number of nitrogen functional groups attached to an aromatic ring is 1. The summed E-state index contributed by atoms with van der Waals surface area (Å²) in [6.45, 7) is 4.68. The van der Waals surface area contributed by atoms with Gasteiger partial charge in [0, 0.05) is 41.6 Å². The van der Waals surface area contributed by atoms with Gasteiger partial charge in [-0.15, -0.1) is 0 Å². The van der Waals surface area contributed by atoms with E-state index in [1.54, 1.807) is 24.3 Å². The van der Waals surface area contributed by atoms with Gasteiger partial charge in [0.2, 0.25) is 0 Å². The minimum Gasteiger partial charge on any atom is -0.399 e. The third-order valence-electron chi connectivity index (χ3n) is 4.50. The molecule has 1 atom stereocenters. The Balaban J connectivity index is 1.57. The lowest BCUT2D eigenvalue weighted by atomic mass is 10.1. The molecule has 24 heavy (non-hydrogen) atoms. The molecule has 1 saturated heterocycles. The fraction of sp³-hybridized carbons (Fsp3) is 0.316. The van der Waals surface area contributed by atoms with Crippen LogP contribution in [0.25, 0.3) is 0 Å². The second kappa shape index (κ2) is 7.14. The second-order valence-corrected chi connectivity index (χ2v) is 6.80. The van der Waals surface area contributed by atoms with Gasteiger partial charge in [0.1, 0.15) is 0 Å². The van der Waals surface area contributed by atoms with Gasteiger partial charge < -0.3 is 16.0 Å². The summed E-state index contributed by atoms with van der Waals surface area (Å²) in [6, 6.07) is 13.0. The molecule has 0 saturated carbocycles. The van der Waals surface area contributed by atoms with Crippen LogP contribution >= 0.6 is 11.6 Å². The highest BCUT2D eigenvalue weighted by atomic mass is 35.5. The number of amides is 1. The van der Waals surface area contributed by atoms with Gasteiger partial charge >= 0.3 is 0 Å². The van der Waals surface area contributed by atoms with Crippen molar-refractivity contribution in [1.29, 1.82) is 0 Å². The van der Waals surface area contributed by atoms with E-state index in [9.17, 15) is 4.79 Å². The SMILES string of the molecule is Cc1ccc(Cl)cc1N1CCC(CNC(=O)c2cccc(N)c2)C1. The molecule has 2 aromatic rings. The first-order chi connectivity index (χ1) is 11.5. The minimum atomic E-state index is -0.0697. The number of rotatable bonds is 4. The third kappa shape index (κ3) is 3.82. The average Bonchev–Trinajstić information content (AvgIpc) is 3.03. The molecule has 1 heterocycles. The maximum Gasteiger partial charge on any atom is 0.251 e. The number of carbonyl (C=O) groups is 1. The van der Waals surface area contributed by atoms with Crippen LogP contribution in [-0.2, 0) is 0 Å². The zero-order chi connectivity index (χ0) is 17.1. The van der Waals surface area contributed by atoms with E-state index in [2.05, 4.69) is 17.1 Å². The zero-order valence-corrected chi connectivity index (χ0v) is 14.5. The van der Waals surface area contributed by atoms with Crippen molar-refractivity contribution in [2.24, 2.45) is 5.92 Å². The average molecular weight is 344 g/mol. The fourth-order valence-corrected chi connectivity index (χ4v) is 3.33. The van der Waals surface area contributed by atoms with Gasteiger partial charge in [-0.05, 0) is 55.2 Å². The highest BCUT2D eigenvalue weighted by Gasteiger charge is 2.24. The quantitative estimate of drug-likeness (QED) is 0.835. The van der Waals surface area contributed by atoms with E-state index in [0.717, 1.165) is 24.5 Å². The Morgan fingerprint density at radius 2 is 2.17 bits per heavy atom. The standard InChI is InChI=1S/C19H22ClN3O/c1-13-5-6-16(20)10-18(13)23-8-7-14(12-23)11-22-19(24)15-3-2-4-17(21)9-15/h2-6,9-10,14H,7-8,11-12,21H2,1H3,(H,22,24). The number of nitrogens with two attached hydrogens (primary N) is 1. The van der Waals surface area contributed by atoms with Crippen molar-refractivity contribution in [3.63, 3.8) is 0 Å². The molecule has 0 radical (unpaired) electrons. The van der Waals surface area contributed by atoms with Gasteiger partial charge in [0.25, 0.3) is 5.91 Å². The first-order valence-electron chi connectivity index (χ1n) is 8.18. The Hall–Kier alpha value is -2.20. The van der Waals surface area contributed by atoms with Crippen LogP contribution in [0, 0.1) is 12.8 Å². The fourth-order valence-electron chi connectivity index (χ4n) is 3.16. The maximum absolute atomic E-state index is 12.2. The van der Waals surface area contributed by atoms with Crippen LogP contribution < -0.4 is 16.0 Å². The second-order valence-electron chi connectivity index (χ2n) is 6.37. The van der Waals surface area contributed by atoms with Crippen molar-refractivity contribution >= 4 is 28.9 Å². The number of aryl methyl sites for hydroxylation is 1. The van der Waals surface area contributed by atoms with Gasteiger partial charge in [-0.2, -0.15) is 0 Å². The molecule has 0 aromatic heterocycles. The number of carbonyl (C=O) groups excluding carboxylic acids is 1. The molecule has 1 amide bonds. The first kappa shape index (κ1) is 16.7. The maximum atomic E-state index is 12.2. The lowest BCUT2D eigenvalue weighted by molar-refractivity contribution is 0.0948. The summed E-state index contributed by atoms with van der Waals surface area (Å²) in [5.41, 5.74) is 9.35. The zero-order valence-electron chi connectivity index (χ0n) is 13.8. The number of anilines is 2. The van der Waals surface area contributed by atoms with E-state index >= 15 is 0 Å². The third-order valence-corrected chi connectivity index (χ3v) is 4.73. The van der Waals surface area contributed by atoms with Crippen LogP contribution in [0.3, 0.4) is 0 Å². The smallest absolute Gasteiger partial charge is 0.251 e. The number of nitrogens with zero attached hydrogens (tertiary/aromatic N) is 1. The summed E-state index contributed by atoms with van der Waals surface area (Å²) >= 11 is 6.12. The summed E-state index contributed by atoms with van der Waals surface area (Å²) in [4.78, 5) is 14.6. The molecule has 1 aliphatic heterocycles. The Bertz CT molecular complexity index is 747. The number of halogens is 1. The van der Waals surface area contributed by atoms with Gasteiger partial charge in [-0.25, -0.2) is 0 Å². The van der Waals surface area contributed by atoms with Crippen LogP contribution in [0.4, 0.5) is 11.4 Å². The van der Waals surface area contributed by atoms with Gasteiger partial charge in [0.05, 0.1) is 0 Å². The van der Waals surface area contributed by atoms with Crippen molar-refractivity contribution < 1.29 is 4.79 Å². The summed E-state index contributed by atoms with van der Waals surface area (Å²) in [5, 5.41) is 3.78. The Morgan fingerprint density at radius 3 is 2.96 bits per heavy atom. The predicted octanol–water partition coefficient (Wildman–Crippen LogP) is 3.49. The van der Waals surface area contributed by atoms with Crippen LogP contribution in [0.5, 0.6) is 0 Å². The van der Waals surface area contributed by atoms with E-state index in [4.69, 9.17) is 17.3 Å². The van der Waals surface area contributed by atoms with Crippen LogP contribution in [0.1, 0.15) is 22.3 Å². The normalized spacial score (nSPS) is 17.1. The largest absolute Gasteiger partial charge is 0.399 e. The monoisotopic (exact) mass is 343 g/mol. The molecule has 4 nitrogen and oxygen atoms in total. The van der Waals surface area contributed by atoms with Crippen molar-refractivity contribution in [1.82, 2.24) is 5.32 Å². The first-order valence-corrected chi connectivity index (χ1v) is 8.55. The van der Waals surface area contributed by atoms with E-state index in [0.29, 0.717) is 23.7 Å². The lowest BCUT2D eigenvalue weighted by Gasteiger charge is -2.21. The molecule has 0 aliphatic carbocycles. The van der Waals surface area contributed by atoms with E-state index < -0.39 is 0 Å². The highest BCUT2D eigenvalue weighted by molar-refractivity contribution is 6.30. The van der Waals surface area contributed by atoms with Crippen LogP contribution in [0.15, 0.2) is 42.5 Å². The topological polar surface area (TPSA) is 58.4 Å². The van der Waals surface area contributed by atoms with E-state index in [1.165, 1.54) is 11.3 Å². The van der Waals surface area contributed by atoms with Crippen molar-refractivity contribution in [3.05, 3.63) is 58.6 Å². The molecular weight excluding hydrogens is 322 g/mol. The molecule has 5 heteroatoms. The summed E-state index contributed by atoms with van der Waals surface area (Å²) in [7, 11) is 0. The van der Waals surface area contributed by atoms with Gasteiger partial charge in [-0.1, -0.05) is 23.7 Å². The summed E-state index contributed by atoms with van der Waals surface area (Å²) in [6.07, 6.45) is 1.06. The van der Waals surface area contributed by atoms with Gasteiger partial charge in [-0.3, -0.25) is 4.79 Å². The number of hydrogen-bond donors (Lipinski definition) is 2. The van der Waals surface area contributed by atoms with E-state index in [1.807, 2.05) is 18.2 Å². The predicted molar refractivity (Wildman–Crippen MR) is 99.7 cm³/mol. The van der Waals surface area contributed by atoms with E-state index in [-0.39, 0.29) is 5.91 Å². The molecule has 3 N–H and O–H groups in total. The molecule has 3 rings (SSSR count). The number of nitrogens with one attached hydrogen (secondary N) is 1. The number of benzene rings is 2.